The van der Waals surface area contributed by atoms with Crippen LogP contribution < -0.4 is 22.2 Å². The quantitative estimate of drug-likeness (QED) is 0.0585. The van der Waals surface area contributed by atoms with Crippen molar-refractivity contribution in [3.63, 3.8) is 0 Å². The first-order chi connectivity index (χ1) is 28.8. The Morgan fingerprint density at radius 1 is 0.590 bits per heavy atom. The fraction of sp³-hybridized carbons (Fsp3) is 0.415. The average Bonchev–Trinajstić information content (AvgIpc) is 3.58. The van der Waals surface area contributed by atoms with Crippen LogP contribution in [0.15, 0.2) is 119 Å². The molecule has 0 amide bonds. The number of hydrogen-bond donors (Lipinski definition) is 0. The molecule has 0 saturated carbocycles. The van der Waals surface area contributed by atoms with E-state index in [-0.39, 0.29) is 35.3 Å². The second-order valence-electron chi connectivity index (χ2n) is 18.4. The summed E-state index contributed by atoms with van der Waals surface area (Å²) in [6, 6.07) is 38.5. The Morgan fingerprint density at radius 2 is 1.03 bits per heavy atom. The molecule has 2 unspecified atom stereocenters. The number of benzene rings is 5. The van der Waals surface area contributed by atoms with Crippen LogP contribution in [0.4, 0.5) is 22.7 Å². The van der Waals surface area contributed by atoms with Gasteiger partial charge in [-0.3, -0.25) is 0 Å². The van der Waals surface area contributed by atoms with Gasteiger partial charge in [0.2, 0.25) is 10.0 Å². The van der Waals surface area contributed by atoms with Crippen LogP contribution in [0.3, 0.4) is 0 Å². The summed E-state index contributed by atoms with van der Waals surface area (Å²) < 4.78 is 39.0. The fourth-order valence-corrected chi connectivity index (χ4v) is 11.7. The summed E-state index contributed by atoms with van der Waals surface area (Å²) in [6.07, 6.45) is 8.18. The lowest BCUT2D eigenvalue weighted by Crippen LogP contribution is -3.00. The van der Waals surface area contributed by atoms with Crippen LogP contribution in [0.5, 0.6) is 0 Å². The molecule has 6 nitrogen and oxygen atoms in total. The van der Waals surface area contributed by atoms with E-state index in [1.165, 1.54) is 22.5 Å². The molecule has 1 aromatic heterocycles. The molecule has 3 heterocycles. The van der Waals surface area contributed by atoms with E-state index in [0.29, 0.717) is 23.5 Å². The number of nitrogens with zero attached hydrogens (tertiary/aromatic N) is 3. The van der Waals surface area contributed by atoms with Crippen LogP contribution >= 0.6 is 0 Å². The number of anilines is 4. The highest BCUT2D eigenvalue weighted by molar-refractivity contribution is 7.89. The van der Waals surface area contributed by atoms with E-state index in [2.05, 4.69) is 150 Å². The van der Waals surface area contributed by atoms with Crippen LogP contribution in [0.25, 0.3) is 33.1 Å². The minimum Gasteiger partial charge on any atom is -1.00 e. The lowest BCUT2D eigenvalue weighted by Gasteiger charge is -2.31. The molecule has 0 spiro atoms. The van der Waals surface area contributed by atoms with Gasteiger partial charge in [0.05, 0.1) is 39.2 Å². The Bertz CT molecular complexity index is 2500. The van der Waals surface area contributed by atoms with Crippen molar-refractivity contribution in [3.8, 4) is 11.1 Å². The molecule has 2 atom stereocenters. The molecule has 0 saturated heterocycles. The first-order valence-electron chi connectivity index (χ1n) is 22.5. The normalized spacial score (nSPS) is 17.9. The molecule has 322 valence electrons. The number of para-hydroxylation sites is 2. The summed E-state index contributed by atoms with van der Waals surface area (Å²) >= 11 is 0. The molecule has 2 aliphatic rings. The molecule has 6 aromatic rings. The minimum atomic E-state index is -3.86. The molecule has 0 bridgehead atoms. The van der Waals surface area contributed by atoms with E-state index < -0.39 is 10.0 Å². The van der Waals surface area contributed by atoms with Crippen molar-refractivity contribution < 1.29 is 25.2 Å². The third kappa shape index (κ3) is 7.85. The third-order valence-electron chi connectivity index (χ3n) is 14.1. The largest absolute Gasteiger partial charge is 1.00 e. The molecule has 0 radical (unpaired) electrons. The smallest absolute Gasteiger partial charge is 0.363 e. The summed E-state index contributed by atoms with van der Waals surface area (Å²) in [6.45, 7) is 19.3. The molecule has 61 heavy (non-hydrogen) atoms. The van der Waals surface area contributed by atoms with E-state index in [1.807, 2.05) is 24.3 Å². The Balaban J connectivity index is 0.00000561. The second-order valence-corrected chi connectivity index (χ2v) is 20.3. The van der Waals surface area contributed by atoms with Gasteiger partial charge in [0.15, 0.2) is 0 Å². The SMILES string of the molecule is CCCCCCN(CCCCCC)S(=O)(=O)c1ccccc1-c1c2ccc(N3c4ccccc4C(C)(C)C3C)cc2[o+]c2cc(N3c4ccccc4C(C)(C)C3C)ccc12.[Cl-]. The minimum absolute atomic E-state index is 0. The van der Waals surface area contributed by atoms with Crippen LogP contribution in [0.1, 0.15) is 118 Å². The predicted molar refractivity (Wildman–Crippen MR) is 253 cm³/mol. The molecule has 8 heteroatoms. The molecule has 2 aliphatic heterocycles. The Morgan fingerprint density at radius 3 is 1.51 bits per heavy atom. The van der Waals surface area contributed by atoms with Crippen molar-refractivity contribution in [1.29, 1.82) is 0 Å². The average molecular weight is 859 g/mol. The first kappa shape index (κ1) is 44.6. The van der Waals surface area contributed by atoms with Crippen LogP contribution in [-0.4, -0.2) is 37.9 Å². The van der Waals surface area contributed by atoms with Gasteiger partial charge in [-0.15, -0.1) is 0 Å². The Kier molecular flexibility index (Phi) is 13.0. The maximum absolute atomic E-state index is 15.1. The lowest BCUT2D eigenvalue weighted by molar-refractivity contribution is -0.0000155. The van der Waals surface area contributed by atoms with Crippen molar-refractivity contribution in [2.24, 2.45) is 0 Å². The summed E-state index contributed by atoms with van der Waals surface area (Å²) in [5.41, 5.74) is 10.1. The topological polar surface area (TPSA) is 55.2 Å². The van der Waals surface area contributed by atoms with Crippen molar-refractivity contribution in [2.45, 2.75) is 135 Å². The van der Waals surface area contributed by atoms with Gasteiger partial charge >= 0.3 is 11.2 Å². The Hall–Kier alpha value is -4.43. The number of sulfonamides is 1. The van der Waals surface area contributed by atoms with Gasteiger partial charge in [-0.2, -0.15) is 4.31 Å². The van der Waals surface area contributed by atoms with E-state index in [0.717, 1.165) is 90.2 Å². The maximum Gasteiger partial charge on any atom is 0.363 e. The van der Waals surface area contributed by atoms with Gasteiger partial charge in [0.1, 0.15) is 0 Å². The van der Waals surface area contributed by atoms with Gasteiger partial charge < -0.3 is 22.2 Å². The zero-order chi connectivity index (χ0) is 42.4. The Labute approximate surface area is 371 Å². The lowest BCUT2D eigenvalue weighted by atomic mass is 9.81. The van der Waals surface area contributed by atoms with Crippen molar-refractivity contribution in [2.75, 3.05) is 22.9 Å². The van der Waals surface area contributed by atoms with Crippen LogP contribution in [0, 0.1) is 0 Å². The van der Waals surface area contributed by atoms with Gasteiger partial charge in [0, 0.05) is 58.5 Å². The number of fused-ring (bicyclic) bond motifs is 4. The first-order valence-corrected chi connectivity index (χ1v) is 24.0. The number of rotatable bonds is 15. The molecule has 0 aliphatic carbocycles. The third-order valence-corrected chi connectivity index (χ3v) is 16.1. The van der Waals surface area contributed by atoms with E-state index in [1.54, 1.807) is 4.31 Å². The van der Waals surface area contributed by atoms with Crippen molar-refractivity contribution >= 4 is 54.7 Å². The molecule has 0 N–H and O–H groups in total. The number of halogens is 1. The van der Waals surface area contributed by atoms with Gasteiger partial charge in [-0.25, -0.2) is 12.8 Å². The maximum atomic E-state index is 15.1. The van der Waals surface area contributed by atoms with Crippen LogP contribution in [0.2, 0.25) is 0 Å². The molecule has 0 fully saturated rings. The molecular weight excluding hydrogens is 794 g/mol. The van der Waals surface area contributed by atoms with Crippen molar-refractivity contribution in [1.82, 2.24) is 4.31 Å². The van der Waals surface area contributed by atoms with Gasteiger partial charge in [0.25, 0.3) is 0 Å². The highest BCUT2D eigenvalue weighted by atomic mass is 35.5. The summed E-state index contributed by atoms with van der Waals surface area (Å²) in [7, 11) is -3.86. The van der Waals surface area contributed by atoms with E-state index in [9.17, 15) is 0 Å². The monoisotopic (exact) mass is 857 g/mol. The van der Waals surface area contributed by atoms with Crippen molar-refractivity contribution in [3.05, 3.63) is 120 Å². The molecule has 5 aromatic carbocycles. The standard InChI is InChI=1S/C53H64N3O3S.ClH/c1-9-11-13-21-33-54(34-22-14-12-10-2)60(57,58)50-28-20-15-23-43(50)51-41-31-29-39(55-37(3)52(5,6)44-24-16-18-26-46(44)55)35-48(41)59-49-36-40(30-32-42(49)51)56-38(4)53(7,8)45-25-17-19-27-47(45)56;/h15-20,23-32,35-38H,9-14,21-22,33-34H2,1-8H3;1H/q+1;/p-1. The highest BCUT2D eigenvalue weighted by Crippen LogP contribution is 2.52. The highest BCUT2D eigenvalue weighted by Gasteiger charge is 2.44. The van der Waals surface area contributed by atoms with Gasteiger partial charge in [-0.1, -0.05) is 135 Å². The van der Waals surface area contributed by atoms with E-state index in [4.69, 9.17) is 4.42 Å². The summed E-state index contributed by atoms with van der Waals surface area (Å²) in [5, 5.41) is 1.78. The number of unbranched alkanes of at least 4 members (excludes halogenated alkanes) is 6. The molecule has 8 rings (SSSR count). The fourth-order valence-electron chi connectivity index (χ4n) is 9.97. The number of hydrogen-bond acceptors (Lipinski definition) is 4. The van der Waals surface area contributed by atoms with Gasteiger partial charge in [-0.05, 0) is 80.3 Å². The predicted octanol–water partition coefficient (Wildman–Crippen LogP) is 11.3. The zero-order valence-corrected chi connectivity index (χ0v) is 39.0. The molecular formula is C53H64ClN3O3S. The van der Waals surface area contributed by atoms with Crippen LogP contribution in [-0.2, 0) is 20.9 Å². The zero-order valence-electron chi connectivity index (χ0n) is 37.5. The summed E-state index contributed by atoms with van der Waals surface area (Å²) in [5.74, 6) is 0. The summed E-state index contributed by atoms with van der Waals surface area (Å²) in [4.78, 5) is 5.22. The second kappa shape index (κ2) is 17.7. The van der Waals surface area contributed by atoms with E-state index >= 15 is 8.42 Å².